The molecule has 0 aliphatic heterocycles. The molecule has 0 saturated heterocycles. The van der Waals surface area contributed by atoms with Crippen LogP contribution in [0, 0.1) is 0 Å². The molecule has 12 aromatic rings. The van der Waals surface area contributed by atoms with Crippen LogP contribution in [0.15, 0.2) is 315 Å². The number of hydrogen-bond donors (Lipinski definition) is 0. The van der Waals surface area contributed by atoms with E-state index < -0.39 is 0 Å². The number of anilines is 12. The van der Waals surface area contributed by atoms with Crippen molar-refractivity contribution in [2.45, 2.75) is 0 Å². The molecule has 0 heterocycles. The molecule has 0 unspecified atom stereocenters. The largest absolute Gasteiger partial charge is 0.311 e. The van der Waals surface area contributed by atoms with Gasteiger partial charge in [-0.2, -0.15) is 0 Å². The molecule has 0 atom stereocenters. The van der Waals surface area contributed by atoms with Crippen LogP contribution >= 0.6 is 0 Å². The highest BCUT2D eigenvalue weighted by molar-refractivity contribution is 5.90. The van der Waals surface area contributed by atoms with E-state index in [1.807, 2.05) is 0 Å². The van der Waals surface area contributed by atoms with Crippen molar-refractivity contribution in [1.82, 2.24) is 0 Å². The van der Waals surface area contributed by atoms with Crippen LogP contribution in [0.25, 0.3) is 33.0 Å². The topological polar surface area (TPSA) is 13.0 Å². The van der Waals surface area contributed by atoms with E-state index in [2.05, 4.69) is 335 Å². The van der Waals surface area contributed by atoms with Gasteiger partial charge in [-0.3, -0.25) is 0 Å². The van der Waals surface area contributed by atoms with E-state index >= 15 is 0 Å². The molecular formula is C70H52N4. The Balaban J connectivity index is 0.807. The first kappa shape index (κ1) is 45.3. The van der Waals surface area contributed by atoms with Crippen LogP contribution in [0.2, 0.25) is 0 Å². The van der Waals surface area contributed by atoms with Crippen molar-refractivity contribution in [3.63, 3.8) is 0 Å². The summed E-state index contributed by atoms with van der Waals surface area (Å²) in [5, 5.41) is 2.42. The zero-order valence-corrected chi connectivity index (χ0v) is 40.8. The van der Waals surface area contributed by atoms with Gasteiger partial charge in [0.1, 0.15) is 0 Å². The Bertz CT molecular complexity index is 3640. The average molecular weight is 949 g/mol. The fraction of sp³-hybridized carbons (Fsp3) is 0. The van der Waals surface area contributed by atoms with Gasteiger partial charge in [-0.15, -0.1) is 0 Å². The monoisotopic (exact) mass is 948 g/mol. The molecule has 352 valence electrons. The summed E-state index contributed by atoms with van der Waals surface area (Å²) in [7, 11) is 0. The second-order valence-corrected chi connectivity index (χ2v) is 18.3. The summed E-state index contributed by atoms with van der Waals surface area (Å²) in [5.74, 6) is 0. The highest BCUT2D eigenvalue weighted by Crippen LogP contribution is 2.42. The average Bonchev–Trinajstić information content (AvgIpc) is 3.48. The molecule has 0 bridgehead atoms. The van der Waals surface area contributed by atoms with E-state index in [1.54, 1.807) is 0 Å². The molecular weight excluding hydrogens is 897 g/mol. The standard InChI is InChI=1S/C70H52N4/c1-6-20-59(21-7-1)71(60-22-8-2-9-23-60)66-44-46-68(47-45-66)73(63-28-14-5-15-29-63)64-39-34-56(35-40-64)54-30-32-55(33-31-54)57-36-41-65(42-37-57)74(70-43-38-53-18-16-17-19-58(53)52-70)69-50-48-67(49-51-69)72(61-24-10-3-11-25-61)62-26-12-4-13-27-62/h1-52H. The molecule has 74 heavy (non-hydrogen) atoms. The van der Waals surface area contributed by atoms with E-state index in [9.17, 15) is 0 Å². The molecule has 0 saturated carbocycles. The Morgan fingerprint density at radius 1 is 0.135 bits per heavy atom. The number of rotatable bonds is 14. The fourth-order valence-corrected chi connectivity index (χ4v) is 9.95. The van der Waals surface area contributed by atoms with Crippen molar-refractivity contribution in [2.75, 3.05) is 19.6 Å². The van der Waals surface area contributed by atoms with Crippen LogP contribution in [-0.2, 0) is 0 Å². The molecule has 12 aromatic carbocycles. The second-order valence-electron chi connectivity index (χ2n) is 18.3. The molecule has 0 spiro atoms. The third-order valence-corrected chi connectivity index (χ3v) is 13.6. The van der Waals surface area contributed by atoms with Gasteiger partial charge >= 0.3 is 0 Å². The lowest BCUT2D eigenvalue weighted by Gasteiger charge is -2.28. The van der Waals surface area contributed by atoms with Crippen LogP contribution in [0.4, 0.5) is 68.2 Å². The van der Waals surface area contributed by atoms with Crippen molar-refractivity contribution in [2.24, 2.45) is 0 Å². The fourth-order valence-electron chi connectivity index (χ4n) is 9.95. The normalized spacial score (nSPS) is 11.0. The Kier molecular flexibility index (Phi) is 12.7. The molecule has 0 aromatic heterocycles. The maximum Gasteiger partial charge on any atom is 0.0468 e. The van der Waals surface area contributed by atoms with E-state index in [4.69, 9.17) is 0 Å². The summed E-state index contributed by atoms with van der Waals surface area (Å²) in [6.45, 7) is 0. The van der Waals surface area contributed by atoms with E-state index in [0.29, 0.717) is 0 Å². The lowest BCUT2D eigenvalue weighted by molar-refractivity contribution is 1.26. The number of fused-ring (bicyclic) bond motifs is 1. The van der Waals surface area contributed by atoms with Gasteiger partial charge in [-0.05, 0) is 179 Å². The minimum absolute atomic E-state index is 1.08. The highest BCUT2D eigenvalue weighted by Gasteiger charge is 2.19. The van der Waals surface area contributed by atoms with Crippen molar-refractivity contribution in [1.29, 1.82) is 0 Å². The summed E-state index contributed by atoms with van der Waals surface area (Å²) < 4.78 is 0. The molecule has 0 aliphatic rings. The van der Waals surface area contributed by atoms with Gasteiger partial charge < -0.3 is 19.6 Å². The van der Waals surface area contributed by atoms with Crippen molar-refractivity contribution >= 4 is 79.0 Å². The van der Waals surface area contributed by atoms with Gasteiger partial charge in [0.05, 0.1) is 0 Å². The van der Waals surface area contributed by atoms with E-state index in [-0.39, 0.29) is 0 Å². The summed E-state index contributed by atoms with van der Waals surface area (Å²) in [6.07, 6.45) is 0. The molecule has 0 fully saturated rings. The van der Waals surface area contributed by atoms with Crippen LogP contribution in [0.3, 0.4) is 0 Å². The number of para-hydroxylation sites is 5. The van der Waals surface area contributed by atoms with Crippen LogP contribution < -0.4 is 19.6 Å². The van der Waals surface area contributed by atoms with Gasteiger partial charge in [0, 0.05) is 68.2 Å². The third kappa shape index (κ3) is 9.51. The van der Waals surface area contributed by atoms with Gasteiger partial charge in [-0.25, -0.2) is 0 Å². The lowest BCUT2D eigenvalue weighted by atomic mass is 9.99. The number of nitrogens with zero attached hydrogens (tertiary/aromatic N) is 4. The zero-order chi connectivity index (χ0) is 49.5. The minimum atomic E-state index is 1.08. The van der Waals surface area contributed by atoms with Gasteiger partial charge in [-0.1, -0.05) is 170 Å². The molecule has 4 nitrogen and oxygen atoms in total. The van der Waals surface area contributed by atoms with Gasteiger partial charge in [0.25, 0.3) is 0 Å². The number of benzene rings is 12. The van der Waals surface area contributed by atoms with Gasteiger partial charge in [0.2, 0.25) is 0 Å². The quantitative estimate of drug-likeness (QED) is 0.108. The lowest BCUT2D eigenvalue weighted by Crippen LogP contribution is -2.12. The van der Waals surface area contributed by atoms with Crippen molar-refractivity contribution in [3.05, 3.63) is 315 Å². The predicted molar refractivity (Wildman–Crippen MR) is 314 cm³/mol. The van der Waals surface area contributed by atoms with E-state index in [0.717, 1.165) is 84.9 Å². The summed E-state index contributed by atoms with van der Waals surface area (Å²) >= 11 is 0. The second kappa shape index (κ2) is 20.8. The third-order valence-electron chi connectivity index (χ3n) is 13.6. The van der Waals surface area contributed by atoms with Crippen molar-refractivity contribution < 1.29 is 0 Å². The molecule has 0 amide bonds. The summed E-state index contributed by atoms with van der Waals surface area (Å²) in [4.78, 5) is 9.26. The molecule has 12 rings (SSSR count). The Labute approximate surface area is 434 Å². The molecule has 0 radical (unpaired) electrons. The zero-order valence-electron chi connectivity index (χ0n) is 40.8. The first-order valence-corrected chi connectivity index (χ1v) is 25.2. The molecule has 4 heteroatoms. The van der Waals surface area contributed by atoms with Crippen LogP contribution in [0.5, 0.6) is 0 Å². The highest BCUT2D eigenvalue weighted by atomic mass is 15.2. The molecule has 0 aliphatic carbocycles. The Morgan fingerprint density at radius 3 is 0.608 bits per heavy atom. The SMILES string of the molecule is c1ccc(N(c2ccccc2)c2ccc(N(c3ccccc3)c3ccc(-c4ccc(-c5ccc(N(c6ccc(N(c7ccccc7)c7ccccc7)cc6)c6ccc7ccccc7c6)cc5)cc4)cc3)cc2)cc1. The smallest absolute Gasteiger partial charge is 0.0468 e. The minimum Gasteiger partial charge on any atom is -0.311 e. The van der Waals surface area contributed by atoms with Crippen LogP contribution in [-0.4, -0.2) is 0 Å². The molecule has 0 N–H and O–H groups in total. The van der Waals surface area contributed by atoms with E-state index in [1.165, 1.54) is 16.3 Å². The van der Waals surface area contributed by atoms with Gasteiger partial charge in [0.15, 0.2) is 0 Å². The Morgan fingerprint density at radius 2 is 0.324 bits per heavy atom. The summed E-state index contributed by atoms with van der Waals surface area (Å²) in [5.41, 5.74) is 17.8. The van der Waals surface area contributed by atoms with Crippen molar-refractivity contribution in [3.8, 4) is 22.3 Å². The number of hydrogen-bond acceptors (Lipinski definition) is 4. The Hall–Kier alpha value is -9.90. The first-order valence-electron chi connectivity index (χ1n) is 25.2. The van der Waals surface area contributed by atoms with Crippen LogP contribution in [0.1, 0.15) is 0 Å². The maximum atomic E-state index is 2.35. The summed E-state index contributed by atoms with van der Waals surface area (Å²) in [6, 6.07) is 113. The first-order chi connectivity index (χ1) is 36.7. The predicted octanol–water partition coefficient (Wildman–Crippen LogP) is 20.1. The maximum absolute atomic E-state index is 2.35.